The normalized spacial score (nSPS) is 11.8. The van der Waals surface area contributed by atoms with E-state index in [1.807, 2.05) is 0 Å². The molecule has 0 bridgehead atoms. The van der Waals surface area contributed by atoms with Crippen LogP contribution in [0.4, 0.5) is 13.2 Å². The average molecular weight is 531 g/mol. The minimum Gasteiger partial charge on any atom is -0.267 e. The number of rotatable bonds is 4. The van der Waals surface area contributed by atoms with Crippen molar-refractivity contribution in [2.75, 3.05) is 0 Å². The van der Waals surface area contributed by atoms with E-state index in [4.69, 9.17) is 23.2 Å². The van der Waals surface area contributed by atoms with E-state index in [9.17, 15) is 22.8 Å². The molecule has 0 atom stereocenters. The Kier molecular flexibility index (Phi) is 5.97. The molecule has 36 heavy (non-hydrogen) atoms. The number of halogens is 5. The van der Waals surface area contributed by atoms with Crippen LogP contribution in [0.1, 0.15) is 11.1 Å². The molecule has 0 aliphatic heterocycles. The molecule has 5 rings (SSSR count). The average Bonchev–Trinajstić information content (AvgIpc) is 3.14. The van der Waals surface area contributed by atoms with Gasteiger partial charge in [-0.1, -0.05) is 59.6 Å². The van der Waals surface area contributed by atoms with E-state index in [1.165, 1.54) is 12.1 Å². The van der Waals surface area contributed by atoms with Crippen molar-refractivity contribution >= 4 is 28.8 Å². The van der Waals surface area contributed by atoms with Crippen LogP contribution in [0.15, 0.2) is 82.4 Å². The quantitative estimate of drug-likeness (QED) is 0.314. The van der Waals surface area contributed by atoms with Gasteiger partial charge >= 0.3 is 11.9 Å². The first-order valence-corrected chi connectivity index (χ1v) is 11.3. The van der Waals surface area contributed by atoms with Crippen LogP contribution < -0.4 is 11.2 Å². The summed E-state index contributed by atoms with van der Waals surface area (Å²) in [5.41, 5.74) is 0.418. The lowest BCUT2D eigenvalue weighted by Crippen LogP contribution is -2.26. The van der Waals surface area contributed by atoms with Gasteiger partial charge in [-0.15, -0.1) is 5.10 Å². The molecule has 0 aliphatic carbocycles. The highest BCUT2D eigenvalue weighted by atomic mass is 35.5. The molecule has 3 aromatic carbocycles. The Morgan fingerprint density at radius 3 is 1.83 bits per heavy atom. The van der Waals surface area contributed by atoms with Crippen molar-refractivity contribution in [1.29, 1.82) is 0 Å². The Morgan fingerprint density at radius 2 is 1.31 bits per heavy atom. The van der Waals surface area contributed by atoms with Gasteiger partial charge in [0.2, 0.25) is 0 Å². The molecular formula is C25H15Cl2F3N4O2. The van der Waals surface area contributed by atoms with Gasteiger partial charge in [-0.25, -0.2) is 9.48 Å². The first kappa shape index (κ1) is 23.9. The van der Waals surface area contributed by atoms with Crippen LogP contribution >= 0.6 is 23.2 Å². The van der Waals surface area contributed by atoms with Gasteiger partial charge in [-0.3, -0.25) is 9.89 Å². The first-order chi connectivity index (χ1) is 17.1. The van der Waals surface area contributed by atoms with Crippen molar-refractivity contribution in [2.45, 2.75) is 12.7 Å². The van der Waals surface area contributed by atoms with Crippen LogP contribution in [-0.2, 0) is 12.7 Å². The molecule has 0 unspecified atom stereocenters. The third-order valence-electron chi connectivity index (χ3n) is 5.63. The van der Waals surface area contributed by atoms with Crippen LogP contribution in [0.5, 0.6) is 0 Å². The number of H-pyrrole nitrogens is 1. The van der Waals surface area contributed by atoms with E-state index in [-0.39, 0.29) is 17.8 Å². The fourth-order valence-electron chi connectivity index (χ4n) is 3.91. The predicted octanol–water partition coefficient (Wildman–Crippen LogP) is 5.89. The second-order valence-corrected chi connectivity index (χ2v) is 8.87. The lowest BCUT2D eigenvalue weighted by molar-refractivity contribution is -0.137. The SMILES string of the molecule is O=c1[nH]n2c(=O)n(Cc3ccc(C(F)(F)F)cc3)nc2c(-c2ccc(Cl)cc2)c1-c1ccc(Cl)cc1. The molecule has 2 aromatic heterocycles. The third-order valence-corrected chi connectivity index (χ3v) is 6.14. The number of aromatic amines is 1. The fourth-order valence-corrected chi connectivity index (χ4v) is 4.16. The zero-order valence-corrected chi connectivity index (χ0v) is 19.7. The van der Waals surface area contributed by atoms with Crippen LogP contribution in [0.25, 0.3) is 27.9 Å². The van der Waals surface area contributed by atoms with Crippen LogP contribution in [0, 0.1) is 0 Å². The van der Waals surface area contributed by atoms with Gasteiger partial charge in [0.05, 0.1) is 17.7 Å². The minimum absolute atomic E-state index is 0.100. The number of alkyl halides is 3. The maximum absolute atomic E-state index is 13.2. The molecule has 0 radical (unpaired) electrons. The number of fused-ring (bicyclic) bond motifs is 1. The highest BCUT2D eigenvalue weighted by Gasteiger charge is 2.30. The molecule has 0 aliphatic rings. The van der Waals surface area contributed by atoms with Crippen LogP contribution in [-0.4, -0.2) is 19.4 Å². The summed E-state index contributed by atoms with van der Waals surface area (Å²) < 4.78 is 40.8. The summed E-state index contributed by atoms with van der Waals surface area (Å²) in [6, 6.07) is 17.8. The van der Waals surface area contributed by atoms with Crippen molar-refractivity contribution in [3.05, 3.63) is 115 Å². The Balaban J connectivity index is 1.71. The topological polar surface area (TPSA) is 72.2 Å². The van der Waals surface area contributed by atoms with Gasteiger partial charge < -0.3 is 0 Å². The summed E-state index contributed by atoms with van der Waals surface area (Å²) in [6.45, 7) is -0.100. The predicted molar refractivity (Wildman–Crippen MR) is 132 cm³/mol. The molecule has 0 fully saturated rings. The third kappa shape index (κ3) is 4.43. The zero-order valence-electron chi connectivity index (χ0n) is 18.2. The maximum atomic E-state index is 13.2. The highest BCUT2D eigenvalue weighted by molar-refractivity contribution is 6.31. The van der Waals surface area contributed by atoms with E-state index in [1.54, 1.807) is 48.5 Å². The van der Waals surface area contributed by atoms with Gasteiger partial charge in [0, 0.05) is 15.6 Å². The fraction of sp³-hybridized carbons (Fsp3) is 0.0800. The number of hydrogen-bond donors (Lipinski definition) is 1. The monoisotopic (exact) mass is 530 g/mol. The molecule has 0 amide bonds. The van der Waals surface area contributed by atoms with Gasteiger partial charge in [-0.05, 0) is 53.1 Å². The second-order valence-electron chi connectivity index (χ2n) is 8.00. The summed E-state index contributed by atoms with van der Waals surface area (Å²) in [4.78, 5) is 26.3. The number of benzene rings is 3. The molecular weight excluding hydrogens is 516 g/mol. The summed E-state index contributed by atoms with van der Waals surface area (Å²) in [6.07, 6.45) is -4.47. The molecule has 0 saturated carbocycles. The molecule has 1 N–H and O–H groups in total. The summed E-state index contributed by atoms with van der Waals surface area (Å²) in [5.74, 6) is 0. The lowest BCUT2D eigenvalue weighted by Gasteiger charge is -2.10. The van der Waals surface area contributed by atoms with E-state index in [2.05, 4.69) is 10.2 Å². The number of aromatic nitrogens is 4. The number of hydrogen-bond acceptors (Lipinski definition) is 3. The van der Waals surface area contributed by atoms with E-state index in [0.717, 1.165) is 21.3 Å². The van der Waals surface area contributed by atoms with Crippen molar-refractivity contribution in [3.63, 3.8) is 0 Å². The summed E-state index contributed by atoms with van der Waals surface area (Å²) >= 11 is 12.1. The molecule has 182 valence electrons. The Bertz CT molecular complexity index is 1690. The molecule has 5 aromatic rings. The zero-order chi connectivity index (χ0) is 25.6. The Hall–Kier alpha value is -3.82. The molecule has 2 heterocycles. The van der Waals surface area contributed by atoms with E-state index in [0.29, 0.717) is 32.3 Å². The first-order valence-electron chi connectivity index (χ1n) is 10.6. The van der Waals surface area contributed by atoms with Crippen LogP contribution in [0.3, 0.4) is 0 Å². The Labute approximate surface area is 211 Å². The van der Waals surface area contributed by atoms with Crippen LogP contribution in [0.2, 0.25) is 10.0 Å². The highest BCUT2D eigenvalue weighted by Crippen LogP contribution is 2.33. The number of nitrogens with one attached hydrogen (secondary N) is 1. The van der Waals surface area contributed by atoms with Gasteiger partial charge in [0.15, 0.2) is 5.65 Å². The smallest absolute Gasteiger partial charge is 0.267 e. The van der Waals surface area contributed by atoms with E-state index < -0.39 is 23.0 Å². The molecule has 0 spiro atoms. The Morgan fingerprint density at radius 1 is 0.778 bits per heavy atom. The molecule has 0 saturated heterocycles. The van der Waals surface area contributed by atoms with Gasteiger partial charge in [0.25, 0.3) is 5.56 Å². The minimum atomic E-state index is -4.47. The lowest BCUT2D eigenvalue weighted by atomic mass is 9.97. The van der Waals surface area contributed by atoms with Crippen molar-refractivity contribution in [1.82, 2.24) is 19.4 Å². The second kappa shape index (κ2) is 9.00. The summed E-state index contributed by atoms with van der Waals surface area (Å²) in [5, 5.41) is 7.96. The maximum Gasteiger partial charge on any atom is 0.416 e. The van der Waals surface area contributed by atoms with Crippen molar-refractivity contribution in [2.24, 2.45) is 0 Å². The van der Waals surface area contributed by atoms with Crippen molar-refractivity contribution in [3.8, 4) is 22.3 Å². The summed E-state index contributed by atoms with van der Waals surface area (Å²) in [7, 11) is 0. The van der Waals surface area contributed by atoms with E-state index >= 15 is 0 Å². The number of nitrogens with zero attached hydrogens (tertiary/aromatic N) is 3. The van der Waals surface area contributed by atoms with Gasteiger partial charge in [-0.2, -0.15) is 17.7 Å². The molecule has 6 nitrogen and oxygen atoms in total. The standard InChI is InChI=1S/C25H15Cl2F3N4O2/c26-18-9-3-15(4-10-18)20-21(16-5-11-19(27)12-6-16)23(35)32-34-22(20)31-33(24(34)36)13-14-1-7-17(8-2-14)25(28,29)30/h1-12H,13H2,(H,32,35). The molecule has 11 heteroatoms. The largest absolute Gasteiger partial charge is 0.416 e. The van der Waals surface area contributed by atoms with Crippen molar-refractivity contribution < 1.29 is 13.2 Å². The van der Waals surface area contributed by atoms with Gasteiger partial charge in [0.1, 0.15) is 0 Å².